The van der Waals surface area contributed by atoms with Crippen molar-refractivity contribution in [1.82, 2.24) is 5.32 Å². The molecule has 1 aromatic carbocycles. The van der Waals surface area contributed by atoms with Crippen LogP contribution < -0.4 is 5.32 Å². The van der Waals surface area contributed by atoms with E-state index in [9.17, 15) is 5.11 Å². The van der Waals surface area contributed by atoms with E-state index in [1.165, 1.54) is 5.56 Å². The van der Waals surface area contributed by atoms with Crippen molar-refractivity contribution in [3.8, 4) is 5.75 Å². The number of hydrogen-bond donors (Lipinski definition) is 2. The molecule has 2 N–H and O–H groups in total. The van der Waals surface area contributed by atoms with E-state index >= 15 is 0 Å². The van der Waals surface area contributed by atoms with Crippen LogP contribution in [-0.2, 0) is 11.8 Å². The van der Waals surface area contributed by atoms with E-state index in [1.807, 2.05) is 13.1 Å². The van der Waals surface area contributed by atoms with Crippen molar-refractivity contribution in [2.45, 2.75) is 45.6 Å². The van der Waals surface area contributed by atoms with E-state index in [0.717, 1.165) is 12.0 Å². The Morgan fingerprint density at radius 2 is 1.94 bits per heavy atom. The Labute approximate surface area is 98.7 Å². The van der Waals surface area contributed by atoms with Gasteiger partial charge in [-0.2, -0.15) is 0 Å². The van der Waals surface area contributed by atoms with Crippen molar-refractivity contribution in [2.24, 2.45) is 0 Å². The SMILES string of the molecule is CNC(C)Cc1ccc(O)c(C(C)(C)C)c1. The van der Waals surface area contributed by atoms with Gasteiger partial charge in [0.15, 0.2) is 0 Å². The predicted octanol–water partition coefficient (Wildman–Crippen LogP) is 2.84. The van der Waals surface area contributed by atoms with Crippen molar-refractivity contribution >= 4 is 0 Å². The summed E-state index contributed by atoms with van der Waals surface area (Å²) in [6, 6.07) is 6.37. The smallest absolute Gasteiger partial charge is 0.119 e. The summed E-state index contributed by atoms with van der Waals surface area (Å²) in [4.78, 5) is 0. The van der Waals surface area contributed by atoms with E-state index in [0.29, 0.717) is 11.8 Å². The molecule has 0 spiro atoms. The molecule has 1 atom stereocenters. The van der Waals surface area contributed by atoms with Crippen LogP contribution in [0.3, 0.4) is 0 Å². The maximum absolute atomic E-state index is 9.85. The highest BCUT2D eigenvalue weighted by molar-refractivity contribution is 5.40. The van der Waals surface area contributed by atoms with E-state index < -0.39 is 0 Å². The molecule has 1 rings (SSSR count). The Balaban J connectivity index is 2.99. The standard InChI is InChI=1S/C14H23NO/c1-10(15-5)8-11-6-7-13(16)12(9-11)14(2,3)4/h6-7,9-10,15-16H,8H2,1-5H3. The number of nitrogens with one attached hydrogen (secondary N) is 1. The van der Waals surface area contributed by atoms with Gasteiger partial charge < -0.3 is 10.4 Å². The van der Waals surface area contributed by atoms with Gasteiger partial charge in [-0.15, -0.1) is 0 Å². The maximum Gasteiger partial charge on any atom is 0.119 e. The number of rotatable bonds is 3. The minimum Gasteiger partial charge on any atom is -0.508 e. The Kier molecular flexibility index (Phi) is 3.98. The fourth-order valence-corrected chi connectivity index (χ4v) is 1.77. The molecular weight excluding hydrogens is 198 g/mol. The van der Waals surface area contributed by atoms with Crippen molar-refractivity contribution in [2.75, 3.05) is 7.05 Å². The lowest BCUT2D eigenvalue weighted by Gasteiger charge is -2.22. The highest BCUT2D eigenvalue weighted by Crippen LogP contribution is 2.31. The molecule has 0 saturated heterocycles. The number of benzene rings is 1. The molecule has 1 unspecified atom stereocenters. The van der Waals surface area contributed by atoms with Crippen LogP contribution in [0.4, 0.5) is 0 Å². The molecule has 2 nitrogen and oxygen atoms in total. The van der Waals surface area contributed by atoms with Gasteiger partial charge in [0.2, 0.25) is 0 Å². The summed E-state index contributed by atoms with van der Waals surface area (Å²) >= 11 is 0. The van der Waals surface area contributed by atoms with Gasteiger partial charge in [-0.1, -0.05) is 32.9 Å². The monoisotopic (exact) mass is 221 g/mol. The van der Waals surface area contributed by atoms with Crippen LogP contribution in [0.1, 0.15) is 38.8 Å². The van der Waals surface area contributed by atoms with Crippen molar-refractivity contribution in [3.05, 3.63) is 29.3 Å². The zero-order valence-corrected chi connectivity index (χ0v) is 11.0. The average Bonchev–Trinajstić information content (AvgIpc) is 2.19. The molecule has 0 amide bonds. The molecule has 0 fully saturated rings. The molecule has 0 aliphatic carbocycles. The van der Waals surface area contributed by atoms with E-state index in [1.54, 1.807) is 6.07 Å². The van der Waals surface area contributed by atoms with E-state index in [-0.39, 0.29) is 5.41 Å². The summed E-state index contributed by atoms with van der Waals surface area (Å²) in [5.74, 6) is 0.397. The number of aromatic hydroxyl groups is 1. The zero-order chi connectivity index (χ0) is 12.3. The second-order valence-corrected chi connectivity index (χ2v) is 5.50. The van der Waals surface area contributed by atoms with E-state index in [4.69, 9.17) is 0 Å². The topological polar surface area (TPSA) is 32.3 Å². The summed E-state index contributed by atoms with van der Waals surface area (Å²) in [6.07, 6.45) is 0.986. The van der Waals surface area contributed by atoms with Crippen LogP contribution in [-0.4, -0.2) is 18.2 Å². The minimum atomic E-state index is -0.0109. The number of phenolic OH excluding ortho intramolecular Hbond substituents is 1. The molecule has 0 radical (unpaired) electrons. The molecule has 0 bridgehead atoms. The highest BCUT2D eigenvalue weighted by Gasteiger charge is 2.18. The molecule has 1 aromatic rings. The average molecular weight is 221 g/mol. The summed E-state index contributed by atoms with van der Waals surface area (Å²) in [7, 11) is 1.97. The van der Waals surface area contributed by atoms with Crippen molar-refractivity contribution < 1.29 is 5.11 Å². The van der Waals surface area contributed by atoms with Gasteiger partial charge in [-0.25, -0.2) is 0 Å². The van der Waals surface area contributed by atoms with Crippen molar-refractivity contribution in [1.29, 1.82) is 0 Å². The number of likely N-dealkylation sites (N-methyl/N-ethyl adjacent to an activating group) is 1. The van der Waals surface area contributed by atoms with Gasteiger partial charge in [-0.3, -0.25) is 0 Å². The van der Waals surface area contributed by atoms with Gasteiger partial charge in [0.05, 0.1) is 0 Å². The second-order valence-electron chi connectivity index (χ2n) is 5.50. The highest BCUT2D eigenvalue weighted by atomic mass is 16.3. The quantitative estimate of drug-likeness (QED) is 0.822. The van der Waals surface area contributed by atoms with Crippen LogP contribution in [0.15, 0.2) is 18.2 Å². The first kappa shape index (κ1) is 13.0. The molecule has 0 aliphatic rings. The van der Waals surface area contributed by atoms with Gasteiger partial charge in [-0.05, 0) is 43.0 Å². The molecule has 0 aromatic heterocycles. The zero-order valence-electron chi connectivity index (χ0n) is 11.0. The first-order chi connectivity index (χ1) is 7.34. The van der Waals surface area contributed by atoms with Crippen LogP contribution in [0.5, 0.6) is 5.75 Å². The molecule has 0 saturated carbocycles. The maximum atomic E-state index is 9.85. The van der Waals surface area contributed by atoms with Crippen LogP contribution in [0.25, 0.3) is 0 Å². The third-order valence-electron chi connectivity index (χ3n) is 2.90. The normalized spacial score (nSPS) is 13.8. The van der Waals surface area contributed by atoms with Crippen LogP contribution >= 0.6 is 0 Å². The fourth-order valence-electron chi connectivity index (χ4n) is 1.77. The summed E-state index contributed by atoms with van der Waals surface area (Å²) in [5.41, 5.74) is 2.28. The third-order valence-corrected chi connectivity index (χ3v) is 2.90. The summed E-state index contributed by atoms with van der Waals surface area (Å²) < 4.78 is 0. The largest absolute Gasteiger partial charge is 0.508 e. The molecule has 0 heterocycles. The number of hydrogen-bond acceptors (Lipinski definition) is 2. The molecular formula is C14H23NO. The lowest BCUT2D eigenvalue weighted by molar-refractivity contribution is 0.446. The van der Waals surface area contributed by atoms with Gasteiger partial charge >= 0.3 is 0 Å². The van der Waals surface area contributed by atoms with Gasteiger partial charge in [0, 0.05) is 6.04 Å². The Morgan fingerprint density at radius 3 is 2.44 bits per heavy atom. The van der Waals surface area contributed by atoms with Gasteiger partial charge in [0.25, 0.3) is 0 Å². The Bertz CT molecular complexity index is 352. The molecule has 2 heteroatoms. The lowest BCUT2D eigenvalue weighted by atomic mass is 9.85. The molecule has 90 valence electrons. The van der Waals surface area contributed by atoms with Crippen molar-refractivity contribution in [3.63, 3.8) is 0 Å². The first-order valence-electron chi connectivity index (χ1n) is 5.84. The first-order valence-corrected chi connectivity index (χ1v) is 5.84. The Morgan fingerprint density at radius 1 is 1.31 bits per heavy atom. The van der Waals surface area contributed by atoms with Crippen LogP contribution in [0, 0.1) is 0 Å². The fraction of sp³-hybridized carbons (Fsp3) is 0.571. The third kappa shape index (κ3) is 3.24. The summed E-state index contributed by atoms with van der Waals surface area (Å²) in [6.45, 7) is 8.51. The van der Waals surface area contributed by atoms with Gasteiger partial charge in [0.1, 0.15) is 5.75 Å². The molecule has 16 heavy (non-hydrogen) atoms. The van der Waals surface area contributed by atoms with E-state index in [2.05, 4.69) is 39.1 Å². The Hall–Kier alpha value is -1.02. The molecule has 0 aliphatic heterocycles. The minimum absolute atomic E-state index is 0.0109. The number of phenols is 1. The lowest BCUT2D eigenvalue weighted by Crippen LogP contribution is -2.23. The summed E-state index contributed by atoms with van der Waals surface area (Å²) in [5, 5.41) is 13.1. The second kappa shape index (κ2) is 4.88. The predicted molar refractivity (Wildman–Crippen MR) is 69.0 cm³/mol. The van der Waals surface area contributed by atoms with Crippen LogP contribution in [0.2, 0.25) is 0 Å².